The van der Waals surface area contributed by atoms with Crippen molar-refractivity contribution in [3.63, 3.8) is 0 Å². The molecule has 2 N–H and O–H groups in total. The van der Waals surface area contributed by atoms with Gasteiger partial charge in [-0.2, -0.15) is 0 Å². The van der Waals surface area contributed by atoms with Crippen LogP contribution in [-0.2, 0) is 14.4 Å². The van der Waals surface area contributed by atoms with Gasteiger partial charge in [-0.1, -0.05) is 18.7 Å². The van der Waals surface area contributed by atoms with Gasteiger partial charge in [0.05, 0.1) is 4.92 Å². The molecule has 0 aliphatic rings. The van der Waals surface area contributed by atoms with Crippen LogP contribution in [0.15, 0.2) is 30.4 Å². The molecule has 8 nitrogen and oxygen atoms in total. The number of nitrogens with one attached hydrogen (secondary N) is 1. The number of nitro benzene ring substituents is 1. The smallest absolute Gasteiger partial charge is 0.369 e. The van der Waals surface area contributed by atoms with E-state index in [-0.39, 0.29) is 11.4 Å². The van der Waals surface area contributed by atoms with Crippen molar-refractivity contribution in [2.24, 2.45) is 0 Å². The number of nitro groups is 1. The fourth-order valence-corrected chi connectivity index (χ4v) is 1.23. The van der Waals surface area contributed by atoms with Crippen LogP contribution in [0.5, 0.6) is 0 Å². The van der Waals surface area contributed by atoms with Gasteiger partial charge in [-0.25, -0.2) is 15.1 Å². The van der Waals surface area contributed by atoms with Gasteiger partial charge in [-0.3, -0.25) is 10.1 Å². The van der Waals surface area contributed by atoms with E-state index in [0.29, 0.717) is 5.56 Å². The molecule has 0 atom stereocenters. The first-order chi connectivity index (χ1) is 8.84. The number of aliphatic carboxylic acids is 1. The Morgan fingerprint density at radius 1 is 1.47 bits per heavy atom. The molecule has 1 rings (SSSR count). The molecular formula is C11H10N2O6. The van der Waals surface area contributed by atoms with Gasteiger partial charge in [-0.05, 0) is 13.0 Å². The molecule has 0 spiro atoms. The fraction of sp³-hybridized carbons (Fsp3) is 0.0909. The van der Waals surface area contributed by atoms with Crippen LogP contribution in [0.1, 0.15) is 5.56 Å². The second-order valence-corrected chi connectivity index (χ2v) is 3.50. The lowest BCUT2D eigenvalue weighted by atomic mass is 10.2. The van der Waals surface area contributed by atoms with Crippen molar-refractivity contribution >= 4 is 23.3 Å². The van der Waals surface area contributed by atoms with Crippen LogP contribution in [-0.4, -0.2) is 22.0 Å². The highest BCUT2D eigenvalue weighted by molar-refractivity contribution is 6.12. The number of hydrogen-bond acceptors (Lipinski definition) is 6. The van der Waals surface area contributed by atoms with Gasteiger partial charge in [0.15, 0.2) is 0 Å². The second-order valence-electron chi connectivity index (χ2n) is 3.50. The summed E-state index contributed by atoms with van der Waals surface area (Å²) in [6.45, 7) is 4.51. The Morgan fingerprint density at radius 2 is 2.11 bits per heavy atom. The zero-order chi connectivity index (χ0) is 14.6. The van der Waals surface area contributed by atoms with Gasteiger partial charge in [0.1, 0.15) is 11.3 Å². The number of hydrogen-bond donors (Lipinski definition) is 2. The first-order valence-corrected chi connectivity index (χ1v) is 4.98. The number of carboxylic acid groups (broad SMARTS) is 1. The molecule has 0 radical (unpaired) electrons. The maximum absolute atomic E-state index is 11.2. The molecule has 100 valence electrons. The number of carbonyl (C=O) groups is 2. The van der Waals surface area contributed by atoms with Crippen molar-refractivity contribution in [3.05, 3.63) is 46.0 Å². The monoisotopic (exact) mass is 266 g/mol. The van der Waals surface area contributed by atoms with Crippen molar-refractivity contribution in [2.45, 2.75) is 6.92 Å². The maximum Gasteiger partial charge on any atom is 0.369 e. The number of aryl methyl sites for hydroxylation is 1. The summed E-state index contributed by atoms with van der Waals surface area (Å²) in [5.41, 5.74) is 1.30. The number of nitrogens with zero attached hydrogens (tertiary/aromatic N) is 1. The lowest BCUT2D eigenvalue weighted by Gasteiger charge is -2.08. The highest BCUT2D eigenvalue weighted by Gasteiger charge is 2.20. The van der Waals surface area contributed by atoms with Crippen molar-refractivity contribution in [1.29, 1.82) is 0 Å². The van der Waals surface area contributed by atoms with E-state index in [1.54, 1.807) is 0 Å². The zero-order valence-electron chi connectivity index (χ0n) is 9.87. The average Bonchev–Trinajstić information content (AvgIpc) is 2.34. The van der Waals surface area contributed by atoms with E-state index in [4.69, 9.17) is 5.11 Å². The minimum absolute atomic E-state index is 0.0588. The predicted octanol–water partition coefficient (Wildman–Crippen LogP) is 1.41. The summed E-state index contributed by atoms with van der Waals surface area (Å²) < 4.78 is 0. The lowest BCUT2D eigenvalue weighted by molar-refractivity contribution is -0.384. The Morgan fingerprint density at radius 3 is 2.63 bits per heavy atom. The van der Waals surface area contributed by atoms with E-state index in [2.05, 4.69) is 16.9 Å². The Bertz CT molecular complexity index is 566. The van der Waals surface area contributed by atoms with Crippen molar-refractivity contribution in [1.82, 2.24) is 0 Å². The molecule has 0 aliphatic heterocycles. The van der Waals surface area contributed by atoms with Crippen LogP contribution < -0.4 is 5.48 Å². The highest BCUT2D eigenvalue weighted by Crippen LogP contribution is 2.27. The van der Waals surface area contributed by atoms with Crippen LogP contribution in [0.2, 0.25) is 0 Å². The van der Waals surface area contributed by atoms with Crippen molar-refractivity contribution in [2.75, 3.05) is 5.48 Å². The van der Waals surface area contributed by atoms with E-state index in [9.17, 15) is 19.7 Å². The molecule has 0 aliphatic carbocycles. The quantitative estimate of drug-likeness (QED) is 0.272. The van der Waals surface area contributed by atoms with Crippen LogP contribution >= 0.6 is 0 Å². The van der Waals surface area contributed by atoms with E-state index >= 15 is 0 Å². The van der Waals surface area contributed by atoms with Crippen molar-refractivity contribution < 1.29 is 24.5 Å². The summed E-state index contributed by atoms with van der Waals surface area (Å²) in [6, 6.07) is 4.35. The fourth-order valence-electron chi connectivity index (χ4n) is 1.23. The molecule has 1 aromatic carbocycles. The SMILES string of the molecule is C=C(C(=O)O)C(=O)ONc1cccc(C)c1[N+](=O)[O-]. The summed E-state index contributed by atoms with van der Waals surface area (Å²) in [7, 11) is 0. The summed E-state index contributed by atoms with van der Waals surface area (Å²) in [5, 5.41) is 19.3. The number of carbonyl (C=O) groups excluding carboxylic acids is 1. The standard InChI is InChI=1S/C11H10N2O6/c1-6-4-3-5-8(9(6)13(17)18)12-19-11(16)7(2)10(14)15/h3-5,12H,2H2,1H3,(H,14,15). The van der Waals surface area contributed by atoms with E-state index in [0.717, 1.165) is 0 Å². The minimum atomic E-state index is -1.54. The van der Waals surface area contributed by atoms with E-state index < -0.39 is 22.4 Å². The minimum Gasteiger partial charge on any atom is -0.477 e. The summed E-state index contributed by atoms with van der Waals surface area (Å²) >= 11 is 0. The predicted molar refractivity (Wildman–Crippen MR) is 64.3 cm³/mol. The van der Waals surface area contributed by atoms with Crippen LogP contribution in [0.25, 0.3) is 0 Å². The Hall–Kier alpha value is -2.90. The van der Waals surface area contributed by atoms with Gasteiger partial charge in [-0.15, -0.1) is 0 Å². The summed E-state index contributed by atoms with van der Waals surface area (Å²) in [6.07, 6.45) is 0. The molecule has 0 amide bonds. The molecule has 0 unspecified atom stereocenters. The summed E-state index contributed by atoms with van der Waals surface area (Å²) in [4.78, 5) is 36.3. The average molecular weight is 266 g/mol. The number of rotatable bonds is 5. The topological polar surface area (TPSA) is 119 Å². The molecule has 0 saturated heterocycles. The number of para-hydroxylation sites is 1. The lowest BCUT2D eigenvalue weighted by Crippen LogP contribution is -2.18. The Labute approximate surface area is 107 Å². The molecule has 0 aromatic heterocycles. The third-order valence-electron chi connectivity index (χ3n) is 2.18. The molecule has 8 heteroatoms. The number of benzene rings is 1. The van der Waals surface area contributed by atoms with E-state index in [1.807, 2.05) is 0 Å². The Balaban J connectivity index is 2.87. The first kappa shape index (κ1) is 14.2. The number of carboxylic acids is 1. The largest absolute Gasteiger partial charge is 0.477 e. The molecule has 1 aromatic rings. The van der Waals surface area contributed by atoms with Gasteiger partial charge in [0.25, 0.3) is 5.69 Å². The number of anilines is 1. The Kier molecular flexibility index (Phi) is 4.19. The third kappa shape index (κ3) is 3.28. The van der Waals surface area contributed by atoms with Crippen LogP contribution in [0.4, 0.5) is 11.4 Å². The van der Waals surface area contributed by atoms with Gasteiger partial charge < -0.3 is 9.94 Å². The van der Waals surface area contributed by atoms with Gasteiger partial charge in [0.2, 0.25) is 0 Å². The van der Waals surface area contributed by atoms with Crippen LogP contribution in [0, 0.1) is 17.0 Å². The van der Waals surface area contributed by atoms with Crippen molar-refractivity contribution in [3.8, 4) is 0 Å². The third-order valence-corrected chi connectivity index (χ3v) is 2.18. The highest BCUT2D eigenvalue weighted by atomic mass is 16.7. The van der Waals surface area contributed by atoms with Gasteiger partial charge in [0, 0.05) is 5.56 Å². The van der Waals surface area contributed by atoms with Crippen LogP contribution in [0.3, 0.4) is 0 Å². The molecule has 0 heterocycles. The maximum atomic E-state index is 11.2. The molecule has 0 saturated carbocycles. The molecular weight excluding hydrogens is 256 g/mol. The zero-order valence-corrected chi connectivity index (χ0v) is 9.87. The molecule has 0 bridgehead atoms. The normalized spacial score (nSPS) is 9.53. The molecule has 19 heavy (non-hydrogen) atoms. The van der Waals surface area contributed by atoms with E-state index in [1.165, 1.54) is 25.1 Å². The second kappa shape index (κ2) is 5.63. The first-order valence-electron chi connectivity index (χ1n) is 4.98. The summed E-state index contributed by atoms with van der Waals surface area (Å²) in [5.74, 6) is -2.77. The van der Waals surface area contributed by atoms with Gasteiger partial charge >= 0.3 is 11.9 Å². The molecule has 0 fully saturated rings.